The van der Waals surface area contributed by atoms with Gasteiger partial charge in [-0.15, -0.1) is 0 Å². The largest absolute Gasteiger partial charge is 0.332 e. The quantitative estimate of drug-likeness (QED) is 0.777. The highest BCUT2D eigenvalue weighted by Gasteiger charge is 2.30. The van der Waals surface area contributed by atoms with Gasteiger partial charge in [-0.2, -0.15) is 0 Å². The Bertz CT molecular complexity index is 779. The molecule has 0 aliphatic carbocycles. The lowest BCUT2D eigenvalue weighted by molar-refractivity contribution is 0.0733. The zero-order valence-electron chi connectivity index (χ0n) is 17.3. The molecule has 1 aliphatic heterocycles. The van der Waals surface area contributed by atoms with Crippen LogP contribution in [0.3, 0.4) is 0 Å². The lowest BCUT2D eigenvalue weighted by Crippen LogP contribution is -2.36. The number of amides is 1. The highest BCUT2D eigenvalue weighted by Crippen LogP contribution is 2.26. The first-order valence-electron chi connectivity index (χ1n) is 10.1. The van der Waals surface area contributed by atoms with Crippen LogP contribution in [0, 0.1) is 0 Å². The number of fused-ring (bicyclic) bond motifs is 1. The van der Waals surface area contributed by atoms with Crippen molar-refractivity contribution in [2.45, 2.75) is 66.2 Å². The lowest BCUT2D eigenvalue weighted by Gasteiger charge is -2.30. The fraction of sp³-hybridized carbons (Fsp3) is 0.545. The maximum Gasteiger partial charge on any atom is 0.290 e. The van der Waals surface area contributed by atoms with Crippen molar-refractivity contribution in [3.63, 3.8) is 0 Å². The third-order valence-electron chi connectivity index (χ3n) is 5.40. The minimum absolute atomic E-state index is 0.0283. The van der Waals surface area contributed by atoms with Gasteiger partial charge in [-0.3, -0.25) is 9.69 Å². The van der Waals surface area contributed by atoms with E-state index in [4.69, 9.17) is 4.98 Å². The van der Waals surface area contributed by atoms with Gasteiger partial charge < -0.3 is 9.47 Å². The van der Waals surface area contributed by atoms with Crippen molar-refractivity contribution in [3.8, 4) is 0 Å². The van der Waals surface area contributed by atoms with Gasteiger partial charge in [0.25, 0.3) is 5.91 Å². The summed E-state index contributed by atoms with van der Waals surface area (Å²) in [5.41, 5.74) is 3.45. The fourth-order valence-electron chi connectivity index (χ4n) is 3.85. The van der Waals surface area contributed by atoms with Crippen molar-refractivity contribution >= 4 is 5.91 Å². The predicted octanol–water partition coefficient (Wildman–Crippen LogP) is 3.89. The van der Waals surface area contributed by atoms with Crippen LogP contribution in [0.25, 0.3) is 0 Å². The maximum absolute atomic E-state index is 13.4. The summed E-state index contributed by atoms with van der Waals surface area (Å²) in [5, 5.41) is 0. The van der Waals surface area contributed by atoms with Crippen LogP contribution in [0.15, 0.2) is 30.3 Å². The van der Waals surface area contributed by atoms with Gasteiger partial charge in [-0.25, -0.2) is 4.98 Å². The maximum atomic E-state index is 13.4. The van der Waals surface area contributed by atoms with Crippen molar-refractivity contribution in [1.29, 1.82) is 0 Å². The molecule has 5 nitrogen and oxygen atoms in total. The van der Waals surface area contributed by atoms with Gasteiger partial charge in [-0.05, 0) is 40.2 Å². The van der Waals surface area contributed by atoms with Crippen LogP contribution < -0.4 is 0 Å². The summed E-state index contributed by atoms with van der Waals surface area (Å²) in [6.45, 7) is 13.9. The number of hydrogen-bond donors (Lipinski definition) is 0. The second-order valence-electron chi connectivity index (χ2n) is 7.91. The molecule has 27 heavy (non-hydrogen) atoms. The van der Waals surface area contributed by atoms with Gasteiger partial charge in [0, 0.05) is 50.4 Å². The molecule has 3 rings (SSSR count). The first kappa shape index (κ1) is 19.6. The Kier molecular flexibility index (Phi) is 6.00. The molecule has 0 unspecified atom stereocenters. The van der Waals surface area contributed by atoms with Crippen LogP contribution in [0.1, 0.15) is 68.2 Å². The van der Waals surface area contributed by atoms with E-state index < -0.39 is 0 Å². The summed E-state index contributed by atoms with van der Waals surface area (Å²) < 4.78 is 2.17. The number of nitrogens with zero attached hydrogens (tertiary/aromatic N) is 4. The Morgan fingerprint density at radius 2 is 1.85 bits per heavy atom. The third-order valence-corrected chi connectivity index (χ3v) is 5.40. The highest BCUT2D eigenvalue weighted by molar-refractivity contribution is 5.91. The molecule has 0 N–H and O–H groups in total. The second-order valence-corrected chi connectivity index (χ2v) is 7.91. The number of hydrogen-bond acceptors (Lipinski definition) is 3. The van der Waals surface area contributed by atoms with Gasteiger partial charge in [0.1, 0.15) is 0 Å². The van der Waals surface area contributed by atoms with Crippen LogP contribution in [-0.4, -0.2) is 44.4 Å². The van der Waals surface area contributed by atoms with Gasteiger partial charge in [-0.1, -0.05) is 30.3 Å². The van der Waals surface area contributed by atoms with Crippen LogP contribution in [0.5, 0.6) is 0 Å². The topological polar surface area (TPSA) is 41.4 Å². The molecule has 0 fully saturated rings. The van der Waals surface area contributed by atoms with Gasteiger partial charge in [0.05, 0.1) is 5.69 Å². The average molecular weight is 369 g/mol. The van der Waals surface area contributed by atoms with Crippen LogP contribution >= 0.6 is 0 Å². The molecule has 146 valence electrons. The third kappa shape index (κ3) is 4.08. The van der Waals surface area contributed by atoms with E-state index in [2.05, 4.69) is 49.3 Å². The van der Waals surface area contributed by atoms with E-state index in [9.17, 15) is 4.79 Å². The fourth-order valence-corrected chi connectivity index (χ4v) is 3.85. The molecule has 0 bridgehead atoms. The zero-order valence-corrected chi connectivity index (χ0v) is 17.3. The predicted molar refractivity (Wildman–Crippen MR) is 109 cm³/mol. The van der Waals surface area contributed by atoms with E-state index in [0.717, 1.165) is 30.8 Å². The molecule has 1 aromatic heterocycles. The molecule has 0 saturated carbocycles. The summed E-state index contributed by atoms with van der Waals surface area (Å²) in [6, 6.07) is 10.9. The second kappa shape index (κ2) is 8.26. The zero-order chi connectivity index (χ0) is 19.6. The Morgan fingerprint density at radius 3 is 2.44 bits per heavy atom. The highest BCUT2D eigenvalue weighted by atomic mass is 16.2. The van der Waals surface area contributed by atoms with Crippen LogP contribution in [0.2, 0.25) is 0 Å². The molecule has 0 spiro atoms. The molecule has 0 atom stereocenters. The molecule has 0 radical (unpaired) electrons. The SMILES string of the molecule is CCN(Cc1ccccc1)C(=O)c1nc2c(n1C(C)C)CCN(C(C)C)C2. The normalized spacial score (nSPS) is 14.6. The summed E-state index contributed by atoms with van der Waals surface area (Å²) in [4.78, 5) is 22.5. The summed E-state index contributed by atoms with van der Waals surface area (Å²) in [6.07, 6.45) is 0.955. The summed E-state index contributed by atoms with van der Waals surface area (Å²) in [7, 11) is 0. The monoisotopic (exact) mass is 368 g/mol. The van der Waals surface area contributed by atoms with Crippen LogP contribution in [-0.2, 0) is 19.5 Å². The minimum Gasteiger partial charge on any atom is -0.332 e. The molecule has 1 amide bonds. The Balaban J connectivity index is 1.91. The number of rotatable bonds is 6. The summed E-state index contributed by atoms with van der Waals surface area (Å²) >= 11 is 0. The summed E-state index contributed by atoms with van der Waals surface area (Å²) in [5.74, 6) is 0.624. The first-order chi connectivity index (χ1) is 12.9. The number of imidazole rings is 1. The molecule has 0 saturated heterocycles. The van der Waals surface area contributed by atoms with E-state index in [1.807, 2.05) is 30.0 Å². The number of carbonyl (C=O) groups excluding carboxylic acids is 1. The van der Waals surface area contributed by atoms with Crippen molar-refractivity contribution in [1.82, 2.24) is 19.4 Å². The van der Waals surface area contributed by atoms with Crippen molar-refractivity contribution in [3.05, 3.63) is 53.1 Å². The van der Waals surface area contributed by atoms with Gasteiger partial charge >= 0.3 is 0 Å². The molecule has 5 heteroatoms. The molecular formula is C22H32N4O. The lowest BCUT2D eigenvalue weighted by atomic mass is 10.1. The molecule has 1 aliphatic rings. The Labute approximate surface area is 163 Å². The number of benzene rings is 1. The van der Waals surface area contributed by atoms with E-state index in [-0.39, 0.29) is 11.9 Å². The molecule has 1 aromatic carbocycles. The first-order valence-corrected chi connectivity index (χ1v) is 10.1. The van der Waals surface area contributed by atoms with Crippen molar-refractivity contribution in [2.24, 2.45) is 0 Å². The molecule has 2 aromatic rings. The molecule has 2 heterocycles. The number of carbonyl (C=O) groups is 1. The number of aromatic nitrogens is 2. The van der Waals surface area contributed by atoms with Gasteiger partial charge in [0.15, 0.2) is 5.82 Å². The van der Waals surface area contributed by atoms with Crippen LogP contribution in [0.4, 0.5) is 0 Å². The van der Waals surface area contributed by atoms with Gasteiger partial charge in [0.2, 0.25) is 0 Å². The smallest absolute Gasteiger partial charge is 0.290 e. The van der Waals surface area contributed by atoms with E-state index >= 15 is 0 Å². The molecular weight excluding hydrogens is 336 g/mol. The Hall–Kier alpha value is -2.14. The van der Waals surface area contributed by atoms with E-state index in [1.165, 1.54) is 5.69 Å². The van der Waals surface area contributed by atoms with E-state index in [0.29, 0.717) is 25.0 Å². The van der Waals surface area contributed by atoms with Crippen molar-refractivity contribution < 1.29 is 4.79 Å². The van der Waals surface area contributed by atoms with E-state index in [1.54, 1.807) is 0 Å². The van der Waals surface area contributed by atoms with Crippen molar-refractivity contribution in [2.75, 3.05) is 13.1 Å². The average Bonchev–Trinajstić information content (AvgIpc) is 3.05. The Morgan fingerprint density at radius 1 is 1.15 bits per heavy atom. The standard InChI is InChI=1S/C22H32N4O/c1-6-24(14-18-10-8-7-9-11-18)22(27)21-23-19-15-25(16(2)3)13-12-20(19)26(21)17(4)5/h7-11,16-17H,6,12-15H2,1-5H3. The minimum atomic E-state index is 0.0283.